The van der Waals surface area contributed by atoms with Crippen LogP contribution < -0.4 is 10.6 Å². The van der Waals surface area contributed by atoms with Gasteiger partial charge in [0.05, 0.1) is 17.4 Å². The third-order valence-electron chi connectivity index (χ3n) is 5.10. The minimum absolute atomic E-state index is 0.118. The van der Waals surface area contributed by atoms with Crippen molar-refractivity contribution < 1.29 is 18.0 Å². The van der Waals surface area contributed by atoms with Gasteiger partial charge in [-0.2, -0.15) is 13.2 Å². The van der Waals surface area contributed by atoms with Crippen molar-refractivity contribution in [1.82, 2.24) is 14.8 Å². The standard InChI is InChI=1S/C25H21ClF3N5OS/c1-16(23(35)31-20-10-6-8-18(26)14-20)36-24-33-32-22(34(24)21-11-3-2-4-12-21)15-30-19-9-5-7-17(13-19)25(27,28)29/h2-14,16,30H,15H2,1H3,(H,31,35)/t16-/m1/s1. The number of hydrogen-bond acceptors (Lipinski definition) is 5. The first-order valence-electron chi connectivity index (χ1n) is 10.8. The molecule has 6 nitrogen and oxygen atoms in total. The number of aromatic nitrogens is 3. The molecule has 0 aliphatic heterocycles. The van der Waals surface area contributed by atoms with Gasteiger partial charge in [-0.05, 0) is 55.5 Å². The zero-order chi connectivity index (χ0) is 25.7. The Hall–Kier alpha value is -3.50. The number of alkyl halides is 3. The molecular weight excluding hydrogens is 511 g/mol. The highest BCUT2D eigenvalue weighted by Gasteiger charge is 2.30. The van der Waals surface area contributed by atoms with Crippen LogP contribution in [0, 0.1) is 0 Å². The van der Waals surface area contributed by atoms with E-state index in [1.165, 1.54) is 17.8 Å². The van der Waals surface area contributed by atoms with E-state index in [4.69, 9.17) is 11.6 Å². The first-order valence-corrected chi connectivity index (χ1v) is 12.1. The molecule has 0 aliphatic carbocycles. The Balaban J connectivity index is 1.54. The number of anilines is 2. The van der Waals surface area contributed by atoms with Gasteiger partial charge in [-0.25, -0.2) is 0 Å². The monoisotopic (exact) mass is 531 g/mol. The topological polar surface area (TPSA) is 71.8 Å². The van der Waals surface area contributed by atoms with Crippen LogP contribution in [-0.4, -0.2) is 25.9 Å². The third-order valence-corrected chi connectivity index (χ3v) is 6.38. The van der Waals surface area contributed by atoms with Crippen molar-refractivity contribution in [3.63, 3.8) is 0 Å². The fourth-order valence-electron chi connectivity index (χ4n) is 3.34. The molecule has 0 aliphatic rings. The summed E-state index contributed by atoms with van der Waals surface area (Å²) in [7, 11) is 0. The Morgan fingerprint density at radius 3 is 2.44 bits per heavy atom. The van der Waals surface area contributed by atoms with Gasteiger partial charge in [0.1, 0.15) is 0 Å². The van der Waals surface area contributed by atoms with Crippen molar-refractivity contribution in [3.05, 3.63) is 95.3 Å². The summed E-state index contributed by atoms with van der Waals surface area (Å²) < 4.78 is 41.0. The largest absolute Gasteiger partial charge is 0.416 e. The van der Waals surface area contributed by atoms with E-state index in [1.54, 1.807) is 41.8 Å². The van der Waals surface area contributed by atoms with Gasteiger partial charge in [-0.1, -0.05) is 53.7 Å². The van der Waals surface area contributed by atoms with Crippen molar-refractivity contribution in [2.45, 2.75) is 30.1 Å². The molecule has 2 N–H and O–H groups in total. The van der Waals surface area contributed by atoms with E-state index in [0.29, 0.717) is 27.4 Å². The molecule has 0 unspecified atom stereocenters. The molecule has 4 rings (SSSR count). The fraction of sp³-hybridized carbons (Fsp3) is 0.160. The normalized spacial score (nSPS) is 12.2. The molecular formula is C25H21ClF3N5OS. The van der Waals surface area contributed by atoms with Gasteiger partial charge in [-0.15, -0.1) is 10.2 Å². The minimum atomic E-state index is -4.44. The van der Waals surface area contributed by atoms with Crippen molar-refractivity contribution in [2.24, 2.45) is 0 Å². The molecule has 0 fully saturated rings. The van der Waals surface area contributed by atoms with E-state index in [9.17, 15) is 18.0 Å². The second-order valence-corrected chi connectivity index (χ2v) is 9.51. The van der Waals surface area contributed by atoms with Crippen molar-refractivity contribution in [2.75, 3.05) is 10.6 Å². The van der Waals surface area contributed by atoms with Crippen LogP contribution in [-0.2, 0) is 17.5 Å². The second kappa shape index (κ2) is 11.0. The van der Waals surface area contributed by atoms with Gasteiger partial charge in [0.15, 0.2) is 11.0 Å². The molecule has 3 aromatic carbocycles. The summed E-state index contributed by atoms with van der Waals surface area (Å²) in [6, 6.07) is 21.1. The number of halogens is 4. The van der Waals surface area contributed by atoms with Crippen LogP contribution in [0.4, 0.5) is 24.5 Å². The maximum Gasteiger partial charge on any atom is 0.416 e. The summed E-state index contributed by atoms with van der Waals surface area (Å²) in [6.07, 6.45) is -4.44. The number of benzene rings is 3. The Morgan fingerprint density at radius 2 is 1.72 bits per heavy atom. The predicted octanol–water partition coefficient (Wildman–Crippen LogP) is 6.67. The molecule has 1 amide bonds. The molecule has 4 aromatic rings. The maximum atomic E-state index is 13.1. The number of carbonyl (C=O) groups excluding carboxylic acids is 1. The van der Waals surface area contributed by atoms with Crippen LogP contribution in [0.25, 0.3) is 5.69 Å². The molecule has 0 bridgehead atoms. The lowest BCUT2D eigenvalue weighted by Crippen LogP contribution is -2.23. The van der Waals surface area contributed by atoms with E-state index in [1.807, 2.05) is 30.3 Å². The summed E-state index contributed by atoms with van der Waals surface area (Å²) in [4.78, 5) is 12.8. The van der Waals surface area contributed by atoms with E-state index < -0.39 is 17.0 Å². The van der Waals surface area contributed by atoms with Gasteiger partial charge in [0.25, 0.3) is 0 Å². The molecule has 11 heteroatoms. The van der Waals surface area contributed by atoms with Gasteiger partial charge in [0.2, 0.25) is 5.91 Å². The summed E-state index contributed by atoms with van der Waals surface area (Å²) in [5, 5.41) is 14.8. The smallest absolute Gasteiger partial charge is 0.378 e. The van der Waals surface area contributed by atoms with E-state index in [2.05, 4.69) is 20.8 Å². The molecule has 0 saturated carbocycles. The zero-order valence-electron chi connectivity index (χ0n) is 19.0. The van der Waals surface area contributed by atoms with Crippen LogP contribution in [0.15, 0.2) is 84.0 Å². The highest BCUT2D eigenvalue weighted by atomic mass is 35.5. The molecule has 1 atom stereocenters. The Bertz CT molecular complexity index is 1350. The molecule has 1 heterocycles. The molecule has 36 heavy (non-hydrogen) atoms. The average molecular weight is 532 g/mol. The van der Waals surface area contributed by atoms with Crippen molar-refractivity contribution in [1.29, 1.82) is 0 Å². The molecule has 0 saturated heterocycles. The Kier molecular flexibility index (Phi) is 7.85. The molecule has 1 aromatic heterocycles. The number of amides is 1. The fourth-order valence-corrected chi connectivity index (χ4v) is 4.41. The molecule has 186 valence electrons. The first-order chi connectivity index (χ1) is 17.2. The number of carbonyl (C=O) groups is 1. The Morgan fingerprint density at radius 1 is 1.00 bits per heavy atom. The number of para-hydroxylation sites is 1. The minimum Gasteiger partial charge on any atom is -0.378 e. The van der Waals surface area contributed by atoms with E-state index >= 15 is 0 Å². The van der Waals surface area contributed by atoms with Crippen LogP contribution in [0.1, 0.15) is 18.3 Å². The number of nitrogens with zero attached hydrogens (tertiary/aromatic N) is 3. The van der Waals surface area contributed by atoms with Gasteiger partial charge >= 0.3 is 6.18 Å². The zero-order valence-corrected chi connectivity index (χ0v) is 20.5. The lowest BCUT2D eigenvalue weighted by atomic mass is 10.2. The quantitative estimate of drug-likeness (QED) is 0.248. The first kappa shape index (κ1) is 25.6. The second-order valence-electron chi connectivity index (χ2n) is 7.76. The van der Waals surface area contributed by atoms with Crippen LogP contribution in [0.2, 0.25) is 5.02 Å². The molecule has 0 spiro atoms. The summed E-state index contributed by atoms with van der Waals surface area (Å²) in [5.74, 6) is 0.233. The lowest BCUT2D eigenvalue weighted by molar-refractivity contribution is -0.137. The summed E-state index contributed by atoms with van der Waals surface area (Å²) in [5.41, 5.74) is 0.896. The highest BCUT2D eigenvalue weighted by Crippen LogP contribution is 2.31. The summed E-state index contributed by atoms with van der Waals surface area (Å²) >= 11 is 7.21. The van der Waals surface area contributed by atoms with E-state index in [-0.39, 0.29) is 12.5 Å². The average Bonchev–Trinajstić information content (AvgIpc) is 3.25. The van der Waals surface area contributed by atoms with Crippen LogP contribution in [0.3, 0.4) is 0 Å². The maximum absolute atomic E-state index is 13.1. The van der Waals surface area contributed by atoms with Crippen LogP contribution >= 0.6 is 23.4 Å². The highest BCUT2D eigenvalue weighted by molar-refractivity contribution is 8.00. The Labute approximate surface area is 214 Å². The predicted molar refractivity (Wildman–Crippen MR) is 136 cm³/mol. The SMILES string of the molecule is C[C@@H](Sc1nnc(CNc2cccc(C(F)(F)F)c2)n1-c1ccccc1)C(=O)Nc1cccc(Cl)c1. The summed E-state index contributed by atoms with van der Waals surface area (Å²) in [6.45, 7) is 1.86. The number of rotatable bonds is 8. The van der Waals surface area contributed by atoms with Crippen molar-refractivity contribution in [3.8, 4) is 5.69 Å². The van der Waals surface area contributed by atoms with E-state index in [0.717, 1.165) is 17.8 Å². The third kappa shape index (κ3) is 6.38. The molecule has 0 radical (unpaired) electrons. The lowest BCUT2D eigenvalue weighted by Gasteiger charge is -2.15. The van der Waals surface area contributed by atoms with Gasteiger partial charge < -0.3 is 10.6 Å². The van der Waals surface area contributed by atoms with Gasteiger partial charge in [0, 0.05) is 22.1 Å². The van der Waals surface area contributed by atoms with Crippen LogP contribution in [0.5, 0.6) is 0 Å². The van der Waals surface area contributed by atoms with Crippen molar-refractivity contribution >= 4 is 40.6 Å². The number of thioether (sulfide) groups is 1. The number of nitrogens with one attached hydrogen (secondary N) is 2. The van der Waals surface area contributed by atoms with Gasteiger partial charge in [-0.3, -0.25) is 9.36 Å². The number of hydrogen-bond donors (Lipinski definition) is 2.